The number of esters is 2. The van der Waals surface area contributed by atoms with Crippen LogP contribution in [0.1, 0.15) is 66.2 Å². The van der Waals surface area contributed by atoms with E-state index in [1.165, 1.54) is 25.1 Å². The van der Waals surface area contributed by atoms with Crippen LogP contribution < -0.4 is 5.32 Å². The molecule has 2 N–H and O–H groups in total. The second kappa shape index (κ2) is 15.7. The highest BCUT2D eigenvalue weighted by Crippen LogP contribution is 2.21. The molecule has 0 rings (SSSR count). The van der Waals surface area contributed by atoms with Gasteiger partial charge < -0.3 is 14.6 Å². The minimum absolute atomic E-state index is 0.210. The van der Waals surface area contributed by atoms with Crippen LogP contribution in [0.4, 0.5) is 0 Å². The smallest absolute Gasteiger partial charge is 0.324 e. The Kier molecular flexibility index (Phi) is 15.0. The third-order valence-electron chi connectivity index (χ3n) is 3.98. The summed E-state index contributed by atoms with van der Waals surface area (Å²) in [5, 5.41) is 11.5. The number of hydrogen-bond donors (Lipinski definition) is 2. The summed E-state index contributed by atoms with van der Waals surface area (Å²) in [5.41, 5.74) is 0. The Labute approximate surface area is 166 Å². The van der Waals surface area contributed by atoms with Crippen molar-refractivity contribution in [1.29, 1.82) is 0 Å². The van der Waals surface area contributed by atoms with Crippen LogP contribution in [-0.2, 0) is 23.9 Å². The normalized spacial score (nSPS) is 14.2. The van der Waals surface area contributed by atoms with E-state index in [9.17, 15) is 14.4 Å². The number of nitrogens with one attached hydrogen (secondary N) is 1. The molecule has 0 amide bonds. The van der Waals surface area contributed by atoms with Crippen LogP contribution in [0, 0.1) is 0 Å². The Hall–Kier alpha value is -1.28. The van der Waals surface area contributed by atoms with Gasteiger partial charge in [0.25, 0.3) is 0 Å². The van der Waals surface area contributed by atoms with Crippen molar-refractivity contribution in [2.45, 2.75) is 83.6 Å². The van der Waals surface area contributed by atoms with E-state index >= 15 is 0 Å². The standard InChI is InChI=1S/C19H35NO6S/c1-5-8-9-10-11-12-16(19(24)26-7-3)27-13-15(18(23)25-6-2)20-14(4)17(21)22/h14-16,20H,5-13H2,1-4H3,(H,21,22)/t14?,15-,16?/m0/s1. The number of thioether (sulfide) groups is 1. The van der Waals surface area contributed by atoms with Crippen LogP contribution in [0.3, 0.4) is 0 Å². The van der Waals surface area contributed by atoms with Gasteiger partial charge in [-0.1, -0.05) is 39.0 Å². The van der Waals surface area contributed by atoms with Gasteiger partial charge in [-0.2, -0.15) is 0 Å². The SMILES string of the molecule is CCCCCCCC(SC[C@H](NC(C)C(=O)O)C(=O)OCC)C(=O)OCC. The molecule has 0 spiro atoms. The fourth-order valence-electron chi connectivity index (χ4n) is 2.45. The summed E-state index contributed by atoms with van der Waals surface area (Å²) in [6.45, 7) is 7.59. The summed E-state index contributed by atoms with van der Waals surface area (Å²) in [6.07, 6.45) is 6.13. The number of rotatable bonds is 16. The molecule has 0 fully saturated rings. The van der Waals surface area contributed by atoms with Gasteiger partial charge in [-0.05, 0) is 27.2 Å². The molecule has 0 heterocycles. The van der Waals surface area contributed by atoms with Crippen molar-refractivity contribution in [1.82, 2.24) is 5.32 Å². The minimum Gasteiger partial charge on any atom is -0.480 e. The van der Waals surface area contributed by atoms with Gasteiger partial charge >= 0.3 is 17.9 Å². The molecule has 27 heavy (non-hydrogen) atoms. The zero-order valence-corrected chi connectivity index (χ0v) is 17.8. The molecule has 0 aromatic rings. The van der Waals surface area contributed by atoms with Crippen LogP contribution in [0.15, 0.2) is 0 Å². The van der Waals surface area contributed by atoms with Gasteiger partial charge in [0.1, 0.15) is 17.3 Å². The van der Waals surface area contributed by atoms with Crippen LogP contribution in [-0.4, -0.2) is 59.3 Å². The zero-order chi connectivity index (χ0) is 20.7. The molecule has 2 unspecified atom stereocenters. The second-order valence-corrected chi connectivity index (χ2v) is 7.54. The zero-order valence-electron chi connectivity index (χ0n) is 17.0. The Morgan fingerprint density at radius 3 is 2.11 bits per heavy atom. The van der Waals surface area contributed by atoms with Crippen molar-refractivity contribution in [3.05, 3.63) is 0 Å². The monoisotopic (exact) mass is 405 g/mol. The molecule has 0 bridgehead atoms. The molecule has 0 saturated heterocycles. The van der Waals surface area contributed by atoms with E-state index in [4.69, 9.17) is 14.6 Å². The van der Waals surface area contributed by atoms with Crippen LogP contribution in [0.5, 0.6) is 0 Å². The van der Waals surface area contributed by atoms with Crippen molar-refractivity contribution in [2.24, 2.45) is 0 Å². The lowest BCUT2D eigenvalue weighted by Crippen LogP contribution is -2.48. The molecule has 7 nitrogen and oxygen atoms in total. The van der Waals surface area contributed by atoms with E-state index in [0.29, 0.717) is 13.0 Å². The van der Waals surface area contributed by atoms with Gasteiger partial charge in [-0.15, -0.1) is 11.8 Å². The third kappa shape index (κ3) is 11.9. The number of carboxylic acid groups (broad SMARTS) is 1. The highest BCUT2D eigenvalue weighted by atomic mass is 32.2. The number of ether oxygens (including phenoxy) is 2. The van der Waals surface area contributed by atoms with E-state index in [0.717, 1.165) is 25.7 Å². The molecule has 0 radical (unpaired) electrons. The first-order valence-electron chi connectivity index (χ1n) is 9.80. The molecule has 158 valence electrons. The average molecular weight is 406 g/mol. The topological polar surface area (TPSA) is 102 Å². The van der Waals surface area contributed by atoms with E-state index in [1.807, 2.05) is 0 Å². The lowest BCUT2D eigenvalue weighted by Gasteiger charge is -2.22. The van der Waals surface area contributed by atoms with E-state index in [1.54, 1.807) is 13.8 Å². The first kappa shape index (κ1) is 25.7. The molecule has 0 aromatic heterocycles. The average Bonchev–Trinajstić information content (AvgIpc) is 2.62. The van der Waals surface area contributed by atoms with E-state index < -0.39 is 24.0 Å². The largest absolute Gasteiger partial charge is 0.480 e. The van der Waals surface area contributed by atoms with Crippen molar-refractivity contribution in [2.75, 3.05) is 19.0 Å². The molecule has 0 saturated carbocycles. The number of unbranched alkanes of at least 4 members (excludes halogenated alkanes) is 4. The highest BCUT2D eigenvalue weighted by Gasteiger charge is 2.28. The first-order valence-corrected chi connectivity index (χ1v) is 10.9. The van der Waals surface area contributed by atoms with E-state index in [2.05, 4.69) is 12.2 Å². The van der Waals surface area contributed by atoms with Gasteiger partial charge in [-0.3, -0.25) is 19.7 Å². The summed E-state index contributed by atoms with van der Waals surface area (Å²) in [6, 6.07) is -1.69. The number of carbonyl (C=O) groups is 3. The molecule has 0 aliphatic rings. The first-order chi connectivity index (χ1) is 12.9. The molecular formula is C19H35NO6S. The maximum Gasteiger partial charge on any atom is 0.324 e. The number of carbonyl (C=O) groups excluding carboxylic acids is 2. The van der Waals surface area contributed by atoms with Gasteiger partial charge in [0.2, 0.25) is 0 Å². The fraction of sp³-hybridized carbons (Fsp3) is 0.842. The summed E-state index contributed by atoms with van der Waals surface area (Å²) < 4.78 is 10.2. The lowest BCUT2D eigenvalue weighted by atomic mass is 10.1. The Morgan fingerprint density at radius 2 is 1.56 bits per heavy atom. The number of carboxylic acids is 1. The molecule has 3 atom stereocenters. The van der Waals surface area contributed by atoms with Crippen LogP contribution in [0.2, 0.25) is 0 Å². The van der Waals surface area contributed by atoms with E-state index in [-0.39, 0.29) is 23.6 Å². The number of hydrogen-bond acceptors (Lipinski definition) is 7. The predicted molar refractivity (Wildman–Crippen MR) is 107 cm³/mol. The summed E-state index contributed by atoms with van der Waals surface area (Å²) in [7, 11) is 0. The minimum atomic E-state index is -1.05. The summed E-state index contributed by atoms with van der Waals surface area (Å²) in [4.78, 5) is 35.4. The highest BCUT2D eigenvalue weighted by molar-refractivity contribution is 8.00. The molecule has 8 heteroatoms. The molecular weight excluding hydrogens is 370 g/mol. The van der Waals surface area contributed by atoms with Crippen molar-refractivity contribution < 1.29 is 29.0 Å². The number of aliphatic carboxylic acids is 1. The van der Waals surface area contributed by atoms with Crippen molar-refractivity contribution in [3.8, 4) is 0 Å². The predicted octanol–water partition coefficient (Wildman–Crippen LogP) is 3.01. The van der Waals surface area contributed by atoms with Gasteiger partial charge in [0.15, 0.2) is 0 Å². The lowest BCUT2D eigenvalue weighted by molar-refractivity contribution is -0.146. The molecule has 0 aliphatic carbocycles. The van der Waals surface area contributed by atoms with Crippen LogP contribution in [0.25, 0.3) is 0 Å². The fourth-order valence-corrected chi connectivity index (χ4v) is 3.64. The summed E-state index contributed by atoms with van der Waals surface area (Å²) in [5.74, 6) is -1.60. The Bertz CT molecular complexity index is 446. The molecule has 0 aliphatic heterocycles. The van der Waals surface area contributed by atoms with Gasteiger partial charge in [0.05, 0.1) is 13.2 Å². The van der Waals surface area contributed by atoms with Crippen LogP contribution >= 0.6 is 11.8 Å². The van der Waals surface area contributed by atoms with Gasteiger partial charge in [0, 0.05) is 5.75 Å². The summed E-state index contributed by atoms with van der Waals surface area (Å²) >= 11 is 1.32. The Morgan fingerprint density at radius 1 is 0.963 bits per heavy atom. The quantitative estimate of drug-likeness (QED) is 0.298. The third-order valence-corrected chi connectivity index (χ3v) is 5.33. The maximum atomic E-state index is 12.2. The van der Waals surface area contributed by atoms with Crippen molar-refractivity contribution >= 4 is 29.7 Å². The van der Waals surface area contributed by atoms with Gasteiger partial charge in [-0.25, -0.2) is 0 Å². The second-order valence-electron chi connectivity index (χ2n) is 6.31. The Balaban J connectivity index is 4.81. The molecule has 0 aromatic carbocycles. The van der Waals surface area contributed by atoms with Crippen molar-refractivity contribution in [3.63, 3.8) is 0 Å². The maximum absolute atomic E-state index is 12.2.